The van der Waals surface area contributed by atoms with E-state index in [1.165, 1.54) is 17.7 Å². The molecule has 1 atom stereocenters. The monoisotopic (exact) mass is 341 g/mol. The molecule has 1 amide bonds. The summed E-state index contributed by atoms with van der Waals surface area (Å²) < 4.78 is 14.8. The van der Waals surface area contributed by atoms with Crippen LogP contribution in [0, 0.1) is 5.82 Å². The summed E-state index contributed by atoms with van der Waals surface area (Å²) in [5.74, 6) is 0.429. The summed E-state index contributed by atoms with van der Waals surface area (Å²) in [6.45, 7) is 1.65. The van der Waals surface area contributed by atoms with Crippen LogP contribution in [0.25, 0.3) is 5.57 Å². The van der Waals surface area contributed by atoms with Crippen molar-refractivity contribution in [2.45, 2.75) is 38.3 Å². The van der Waals surface area contributed by atoms with E-state index in [1.807, 2.05) is 0 Å². The maximum atomic E-state index is 13.0. The molecule has 1 aromatic heterocycles. The number of aryl methyl sites for hydroxylation is 1. The van der Waals surface area contributed by atoms with E-state index in [4.69, 9.17) is 0 Å². The summed E-state index contributed by atoms with van der Waals surface area (Å²) in [5.41, 5.74) is 2.24. The molecule has 130 valence electrons. The third kappa shape index (κ3) is 3.40. The molecule has 2 aliphatic rings. The van der Waals surface area contributed by atoms with Crippen LogP contribution in [0.1, 0.15) is 41.9 Å². The molecular weight excluding hydrogens is 321 g/mol. The quantitative estimate of drug-likeness (QED) is 0.900. The smallest absolute Gasteiger partial charge is 0.291 e. The first-order valence-electron chi connectivity index (χ1n) is 8.63. The predicted molar refractivity (Wildman–Crippen MR) is 92.6 cm³/mol. The number of allylic oxidation sites excluding steroid dienone is 1. The van der Waals surface area contributed by atoms with Crippen LogP contribution in [0.2, 0.25) is 0 Å². The normalized spacial score (nSPS) is 19.6. The molecule has 1 unspecified atom stereocenters. The maximum absolute atomic E-state index is 13.0. The van der Waals surface area contributed by atoms with Gasteiger partial charge in [0.1, 0.15) is 5.82 Å². The van der Waals surface area contributed by atoms with E-state index in [0.717, 1.165) is 44.3 Å². The number of aromatic nitrogens is 3. The molecule has 1 aromatic carbocycles. The van der Waals surface area contributed by atoms with E-state index in [1.54, 1.807) is 16.8 Å². The van der Waals surface area contributed by atoms with E-state index in [-0.39, 0.29) is 23.6 Å². The molecule has 2 N–H and O–H groups in total. The Hall–Kier alpha value is -2.70. The molecule has 4 rings (SSSR count). The van der Waals surface area contributed by atoms with Gasteiger partial charge in [-0.3, -0.25) is 4.79 Å². The number of anilines is 1. The van der Waals surface area contributed by atoms with Gasteiger partial charge in [0.15, 0.2) is 0 Å². The zero-order valence-electron chi connectivity index (χ0n) is 13.8. The Labute approximate surface area is 145 Å². The standard InChI is InChI=1S/C18H20FN5O/c19-14-6-2-12(3-7-14)13-4-8-15(9-5-13)21-17(25)16-22-18-20-10-1-11-24(18)23-16/h2-4,6-7,15H,1,5,8-11H2,(H,21,25)(H,20,22,23). The average molecular weight is 341 g/mol. The van der Waals surface area contributed by atoms with E-state index < -0.39 is 0 Å². The number of amides is 1. The average Bonchev–Trinajstić information content (AvgIpc) is 3.07. The van der Waals surface area contributed by atoms with Gasteiger partial charge in [-0.2, -0.15) is 4.98 Å². The number of fused-ring (bicyclic) bond motifs is 1. The summed E-state index contributed by atoms with van der Waals surface area (Å²) >= 11 is 0. The van der Waals surface area contributed by atoms with Crippen LogP contribution in [0.5, 0.6) is 0 Å². The summed E-state index contributed by atoms with van der Waals surface area (Å²) in [6.07, 6.45) is 5.56. The molecule has 0 fully saturated rings. The van der Waals surface area contributed by atoms with E-state index >= 15 is 0 Å². The second-order valence-corrected chi connectivity index (χ2v) is 6.44. The second kappa shape index (κ2) is 6.66. The van der Waals surface area contributed by atoms with Gasteiger partial charge in [-0.25, -0.2) is 9.07 Å². The molecule has 0 saturated heterocycles. The first-order chi connectivity index (χ1) is 12.2. The Morgan fingerprint density at radius 1 is 1.32 bits per heavy atom. The lowest BCUT2D eigenvalue weighted by molar-refractivity contribution is 0.0924. The summed E-state index contributed by atoms with van der Waals surface area (Å²) in [5, 5.41) is 10.4. The Bertz CT molecular complexity index is 788. The number of carbonyl (C=O) groups excluding carboxylic acids is 1. The van der Waals surface area contributed by atoms with Crippen LogP contribution in [0.15, 0.2) is 30.3 Å². The lowest BCUT2D eigenvalue weighted by atomic mass is 9.90. The first-order valence-corrected chi connectivity index (χ1v) is 8.63. The van der Waals surface area contributed by atoms with Crippen molar-refractivity contribution in [3.05, 3.63) is 47.5 Å². The molecule has 25 heavy (non-hydrogen) atoms. The Morgan fingerprint density at radius 2 is 2.16 bits per heavy atom. The Morgan fingerprint density at radius 3 is 2.88 bits per heavy atom. The zero-order chi connectivity index (χ0) is 17.2. The molecule has 2 aromatic rings. The number of carbonyl (C=O) groups is 1. The highest BCUT2D eigenvalue weighted by Gasteiger charge is 2.22. The van der Waals surface area contributed by atoms with Gasteiger partial charge in [0, 0.05) is 19.1 Å². The van der Waals surface area contributed by atoms with Crippen molar-refractivity contribution in [3.8, 4) is 0 Å². The summed E-state index contributed by atoms with van der Waals surface area (Å²) in [6, 6.07) is 6.62. The number of hydrogen-bond donors (Lipinski definition) is 2. The van der Waals surface area contributed by atoms with Gasteiger partial charge in [0.05, 0.1) is 0 Å². The van der Waals surface area contributed by atoms with Crippen molar-refractivity contribution in [1.82, 2.24) is 20.1 Å². The van der Waals surface area contributed by atoms with Crippen LogP contribution in [-0.4, -0.2) is 33.3 Å². The van der Waals surface area contributed by atoms with Gasteiger partial charge < -0.3 is 10.6 Å². The van der Waals surface area contributed by atoms with Gasteiger partial charge in [-0.15, -0.1) is 5.10 Å². The van der Waals surface area contributed by atoms with Crippen LogP contribution in [0.4, 0.5) is 10.3 Å². The number of nitrogens with zero attached hydrogens (tertiary/aromatic N) is 3. The number of benzene rings is 1. The topological polar surface area (TPSA) is 71.8 Å². The molecule has 0 saturated carbocycles. The number of nitrogens with one attached hydrogen (secondary N) is 2. The highest BCUT2D eigenvalue weighted by atomic mass is 19.1. The molecule has 7 heteroatoms. The molecule has 0 radical (unpaired) electrons. The SMILES string of the molecule is O=C(NC1CC=C(c2ccc(F)cc2)CC1)c1nc2n(n1)CCCN2. The van der Waals surface area contributed by atoms with Crippen molar-refractivity contribution >= 4 is 17.4 Å². The molecule has 1 aliphatic carbocycles. The number of rotatable bonds is 3. The van der Waals surface area contributed by atoms with Crippen LogP contribution in [-0.2, 0) is 6.54 Å². The first kappa shape index (κ1) is 15.8. The second-order valence-electron chi connectivity index (χ2n) is 6.44. The molecule has 2 heterocycles. The van der Waals surface area contributed by atoms with Crippen molar-refractivity contribution in [1.29, 1.82) is 0 Å². The number of halogens is 1. The highest BCUT2D eigenvalue weighted by Crippen LogP contribution is 2.27. The minimum Gasteiger partial charge on any atom is -0.354 e. The third-order valence-corrected chi connectivity index (χ3v) is 4.67. The van der Waals surface area contributed by atoms with E-state index in [9.17, 15) is 9.18 Å². The Kier molecular flexibility index (Phi) is 4.21. The van der Waals surface area contributed by atoms with E-state index in [0.29, 0.717) is 5.95 Å². The molecule has 0 spiro atoms. The molecular formula is C18H20FN5O. The summed E-state index contributed by atoms with van der Waals surface area (Å²) in [4.78, 5) is 16.6. The van der Waals surface area contributed by atoms with Crippen LogP contribution in [0.3, 0.4) is 0 Å². The fourth-order valence-corrected chi connectivity index (χ4v) is 3.30. The van der Waals surface area contributed by atoms with Crippen LogP contribution >= 0.6 is 0 Å². The van der Waals surface area contributed by atoms with Crippen molar-refractivity contribution in [3.63, 3.8) is 0 Å². The van der Waals surface area contributed by atoms with Gasteiger partial charge in [0.2, 0.25) is 11.8 Å². The zero-order valence-corrected chi connectivity index (χ0v) is 13.8. The fraction of sp³-hybridized carbons (Fsp3) is 0.389. The lowest BCUT2D eigenvalue weighted by Crippen LogP contribution is -2.36. The Balaban J connectivity index is 1.38. The minimum atomic E-state index is -0.229. The van der Waals surface area contributed by atoms with E-state index in [2.05, 4.69) is 26.8 Å². The maximum Gasteiger partial charge on any atom is 0.291 e. The van der Waals surface area contributed by atoms with Crippen molar-refractivity contribution in [2.75, 3.05) is 11.9 Å². The lowest BCUT2D eigenvalue weighted by Gasteiger charge is -2.22. The predicted octanol–water partition coefficient (Wildman–Crippen LogP) is 2.60. The largest absolute Gasteiger partial charge is 0.354 e. The third-order valence-electron chi connectivity index (χ3n) is 4.67. The minimum absolute atomic E-state index is 0.0742. The highest BCUT2D eigenvalue weighted by molar-refractivity contribution is 5.91. The molecule has 6 nitrogen and oxygen atoms in total. The van der Waals surface area contributed by atoms with Crippen molar-refractivity contribution in [2.24, 2.45) is 0 Å². The van der Waals surface area contributed by atoms with Crippen LogP contribution < -0.4 is 10.6 Å². The molecule has 0 bridgehead atoms. The van der Waals surface area contributed by atoms with Gasteiger partial charge >= 0.3 is 0 Å². The van der Waals surface area contributed by atoms with Gasteiger partial charge in [0.25, 0.3) is 5.91 Å². The molecule has 1 aliphatic heterocycles. The van der Waals surface area contributed by atoms with Gasteiger partial charge in [-0.05, 0) is 49.0 Å². The fourth-order valence-electron chi connectivity index (χ4n) is 3.30. The summed E-state index contributed by atoms with van der Waals surface area (Å²) in [7, 11) is 0. The van der Waals surface area contributed by atoms with Gasteiger partial charge in [-0.1, -0.05) is 18.2 Å². The van der Waals surface area contributed by atoms with Crippen molar-refractivity contribution < 1.29 is 9.18 Å². The number of hydrogen-bond acceptors (Lipinski definition) is 4.